The molecule has 6 heteroatoms. The fraction of sp³-hybridized carbons (Fsp3) is 0.421. The predicted molar refractivity (Wildman–Crippen MR) is 102 cm³/mol. The number of carbonyl (C=O) groups excluding carboxylic acids is 2. The zero-order valence-electron chi connectivity index (χ0n) is 15.4. The van der Waals surface area contributed by atoms with Crippen molar-refractivity contribution in [2.45, 2.75) is 53.0 Å². The van der Waals surface area contributed by atoms with E-state index in [0.29, 0.717) is 24.1 Å². The van der Waals surface area contributed by atoms with Gasteiger partial charge in [-0.1, -0.05) is 6.07 Å². The van der Waals surface area contributed by atoms with E-state index in [0.717, 1.165) is 16.1 Å². The van der Waals surface area contributed by atoms with Gasteiger partial charge in [-0.15, -0.1) is 11.3 Å². The Morgan fingerprint density at radius 3 is 2.52 bits per heavy atom. The molecule has 25 heavy (non-hydrogen) atoms. The van der Waals surface area contributed by atoms with Gasteiger partial charge in [0.05, 0.1) is 11.2 Å². The highest BCUT2D eigenvalue weighted by Crippen LogP contribution is 2.21. The summed E-state index contributed by atoms with van der Waals surface area (Å²) in [4.78, 5) is 30.0. The van der Waals surface area contributed by atoms with Crippen molar-refractivity contribution < 1.29 is 9.59 Å². The molecule has 0 bridgehead atoms. The number of aromatic nitrogens is 1. The number of thiazole rings is 1. The Kier molecular flexibility index (Phi) is 5.95. The summed E-state index contributed by atoms with van der Waals surface area (Å²) in [6.07, 6.45) is 1.06. The number of hydrogen-bond acceptors (Lipinski definition) is 4. The molecule has 1 aromatic carbocycles. The molecule has 2 N–H and O–H groups in total. The second kappa shape index (κ2) is 7.78. The van der Waals surface area contributed by atoms with Crippen LogP contribution in [0.5, 0.6) is 0 Å². The summed E-state index contributed by atoms with van der Waals surface area (Å²) in [5, 5.41) is 5.87. The van der Waals surface area contributed by atoms with Crippen LogP contribution in [-0.4, -0.2) is 22.3 Å². The van der Waals surface area contributed by atoms with E-state index in [-0.39, 0.29) is 17.4 Å². The van der Waals surface area contributed by atoms with Crippen molar-refractivity contribution in [1.29, 1.82) is 0 Å². The van der Waals surface area contributed by atoms with Gasteiger partial charge in [-0.3, -0.25) is 9.59 Å². The fourth-order valence-corrected chi connectivity index (χ4v) is 3.21. The van der Waals surface area contributed by atoms with Crippen molar-refractivity contribution in [3.05, 3.63) is 45.4 Å². The number of anilines is 1. The number of amides is 2. The average Bonchev–Trinajstić information content (AvgIpc) is 2.91. The Bertz CT molecular complexity index is 775. The zero-order chi connectivity index (χ0) is 18.6. The highest BCUT2D eigenvalue weighted by atomic mass is 32.1. The molecule has 0 radical (unpaired) electrons. The minimum absolute atomic E-state index is 0.0655. The Hall–Kier alpha value is -2.21. The molecule has 0 saturated heterocycles. The van der Waals surface area contributed by atoms with Crippen molar-refractivity contribution in [1.82, 2.24) is 10.3 Å². The smallest absolute Gasteiger partial charge is 0.252 e. The van der Waals surface area contributed by atoms with Crippen LogP contribution in [-0.2, 0) is 11.2 Å². The molecule has 0 unspecified atom stereocenters. The summed E-state index contributed by atoms with van der Waals surface area (Å²) in [5.41, 5.74) is 4.49. The van der Waals surface area contributed by atoms with Crippen molar-refractivity contribution in [2.24, 2.45) is 0 Å². The molecule has 134 valence electrons. The number of rotatable bonds is 5. The summed E-state index contributed by atoms with van der Waals surface area (Å²) in [5.74, 6) is -0.203. The molecule has 0 atom stereocenters. The third kappa shape index (κ3) is 5.39. The normalized spacial score (nSPS) is 11.2. The molecule has 0 aliphatic heterocycles. The van der Waals surface area contributed by atoms with Gasteiger partial charge in [0.2, 0.25) is 5.91 Å². The highest BCUT2D eigenvalue weighted by Gasteiger charge is 2.18. The minimum Gasteiger partial charge on any atom is -0.347 e. The fourth-order valence-electron chi connectivity index (χ4n) is 2.43. The lowest BCUT2D eigenvalue weighted by Crippen LogP contribution is -2.40. The Balaban J connectivity index is 2.04. The van der Waals surface area contributed by atoms with Crippen molar-refractivity contribution in [2.75, 3.05) is 5.32 Å². The summed E-state index contributed by atoms with van der Waals surface area (Å²) < 4.78 is 0. The van der Waals surface area contributed by atoms with Gasteiger partial charge in [0.1, 0.15) is 0 Å². The quantitative estimate of drug-likeness (QED) is 0.851. The first-order chi connectivity index (χ1) is 11.7. The van der Waals surface area contributed by atoms with E-state index in [4.69, 9.17) is 0 Å². The molecule has 0 fully saturated rings. The standard InChI is InChI=1S/C19H25N3O2S/c1-12-14(18(24)22-19(3,4)5)7-6-8-15(12)21-17(23)10-9-16-13(2)20-11-25-16/h6-8,11H,9-10H2,1-5H3,(H,21,23)(H,22,24). The van der Waals surface area contributed by atoms with Gasteiger partial charge in [0, 0.05) is 28.1 Å². The first kappa shape index (κ1) is 19.1. The number of nitrogens with zero attached hydrogens (tertiary/aromatic N) is 1. The van der Waals surface area contributed by atoms with E-state index < -0.39 is 0 Å². The monoisotopic (exact) mass is 359 g/mol. The van der Waals surface area contributed by atoms with Gasteiger partial charge >= 0.3 is 0 Å². The maximum atomic E-state index is 12.4. The maximum absolute atomic E-state index is 12.4. The zero-order valence-corrected chi connectivity index (χ0v) is 16.2. The van der Waals surface area contributed by atoms with E-state index in [1.165, 1.54) is 0 Å². The van der Waals surface area contributed by atoms with Crippen LogP contribution in [0.3, 0.4) is 0 Å². The topological polar surface area (TPSA) is 71.1 Å². The maximum Gasteiger partial charge on any atom is 0.252 e. The predicted octanol–water partition coefficient (Wildman–Crippen LogP) is 3.86. The molecule has 2 rings (SSSR count). The molecule has 1 heterocycles. The van der Waals surface area contributed by atoms with Crippen LogP contribution in [0.2, 0.25) is 0 Å². The first-order valence-corrected chi connectivity index (χ1v) is 9.16. The molecule has 5 nitrogen and oxygen atoms in total. The van der Waals surface area contributed by atoms with E-state index in [1.807, 2.05) is 40.7 Å². The van der Waals surface area contributed by atoms with E-state index in [1.54, 1.807) is 29.0 Å². The average molecular weight is 359 g/mol. The molecular weight excluding hydrogens is 334 g/mol. The second-order valence-corrected chi connectivity index (χ2v) is 8.03. The van der Waals surface area contributed by atoms with E-state index >= 15 is 0 Å². The van der Waals surface area contributed by atoms with Gasteiger partial charge in [-0.2, -0.15) is 0 Å². The first-order valence-electron chi connectivity index (χ1n) is 8.28. The third-order valence-electron chi connectivity index (χ3n) is 3.77. The molecule has 0 aliphatic rings. The van der Waals surface area contributed by atoms with Crippen LogP contribution >= 0.6 is 11.3 Å². The summed E-state index contributed by atoms with van der Waals surface area (Å²) in [6, 6.07) is 5.37. The third-order valence-corrected chi connectivity index (χ3v) is 4.76. The Labute approximate surface area is 152 Å². The van der Waals surface area contributed by atoms with Crippen molar-refractivity contribution in [3.63, 3.8) is 0 Å². The largest absolute Gasteiger partial charge is 0.347 e. The molecule has 2 aromatic rings. The molecule has 2 amide bonds. The van der Waals surface area contributed by atoms with Gasteiger partial charge in [0.25, 0.3) is 5.91 Å². The van der Waals surface area contributed by atoms with Gasteiger partial charge < -0.3 is 10.6 Å². The number of benzene rings is 1. The van der Waals surface area contributed by atoms with Gasteiger partial charge in [0.15, 0.2) is 0 Å². The Morgan fingerprint density at radius 1 is 1.20 bits per heavy atom. The molecule has 1 aromatic heterocycles. The van der Waals surface area contributed by atoms with Crippen molar-refractivity contribution in [3.8, 4) is 0 Å². The lowest BCUT2D eigenvalue weighted by atomic mass is 10.0. The number of carbonyl (C=O) groups is 2. The number of hydrogen-bond donors (Lipinski definition) is 2. The van der Waals surface area contributed by atoms with Crippen LogP contribution in [0.1, 0.15) is 53.7 Å². The molecule has 0 aliphatic carbocycles. The Morgan fingerprint density at radius 2 is 1.92 bits per heavy atom. The van der Waals surface area contributed by atoms with Gasteiger partial charge in [-0.05, 0) is 58.7 Å². The molecular formula is C19H25N3O2S. The second-order valence-electron chi connectivity index (χ2n) is 7.09. The van der Waals surface area contributed by atoms with Crippen LogP contribution < -0.4 is 10.6 Å². The van der Waals surface area contributed by atoms with E-state index in [2.05, 4.69) is 15.6 Å². The van der Waals surface area contributed by atoms with Crippen LogP contribution in [0.15, 0.2) is 23.7 Å². The van der Waals surface area contributed by atoms with Crippen molar-refractivity contribution >= 4 is 28.8 Å². The van der Waals surface area contributed by atoms with E-state index in [9.17, 15) is 9.59 Å². The molecule has 0 spiro atoms. The van der Waals surface area contributed by atoms with Crippen LogP contribution in [0.4, 0.5) is 5.69 Å². The number of nitrogens with one attached hydrogen (secondary N) is 2. The molecule has 0 saturated carbocycles. The highest BCUT2D eigenvalue weighted by molar-refractivity contribution is 7.09. The SMILES string of the molecule is Cc1ncsc1CCC(=O)Nc1cccc(C(=O)NC(C)(C)C)c1C. The minimum atomic E-state index is -0.310. The lowest BCUT2D eigenvalue weighted by molar-refractivity contribution is -0.116. The summed E-state index contributed by atoms with van der Waals surface area (Å²) in [7, 11) is 0. The number of aryl methyl sites for hydroxylation is 2. The summed E-state index contributed by atoms with van der Waals surface area (Å²) in [6.45, 7) is 9.61. The van der Waals surface area contributed by atoms with Crippen LogP contribution in [0.25, 0.3) is 0 Å². The lowest BCUT2D eigenvalue weighted by Gasteiger charge is -2.21. The van der Waals surface area contributed by atoms with Crippen LogP contribution in [0, 0.1) is 13.8 Å². The summed E-state index contributed by atoms with van der Waals surface area (Å²) >= 11 is 1.57. The van der Waals surface area contributed by atoms with Gasteiger partial charge in [-0.25, -0.2) is 4.98 Å².